The molecular formula is C10H16N4. The Labute approximate surface area is 83.9 Å². The quantitative estimate of drug-likeness (QED) is 0.764. The summed E-state index contributed by atoms with van der Waals surface area (Å²) in [6.07, 6.45) is 5.65. The predicted octanol–water partition coefficient (Wildman–Crippen LogP) is 1.66. The van der Waals surface area contributed by atoms with Crippen LogP contribution in [0.1, 0.15) is 26.7 Å². The lowest BCUT2D eigenvalue weighted by molar-refractivity contribution is 0.534. The van der Waals surface area contributed by atoms with E-state index in [0.717, 1.165) is 0 Å². The zero-order chi connectivity index (χ0) is 10.2. The summed E-state index contributed by atoms with van der Waals surface area (Å²) in [7, 11) is 0. The highest BCUT2D eigenvalue weighted by molar-refractivity contribution is 5.38. The van der Waals surface area contributed by atoms with Crippen LogP contribution in [0.5, 0.6) is 0 Å². The van der Waals surface area contributed by atoms with E-state index in [9.17, 15) is 0 Å². The number of hydrogen-bond acceptors (Lipinski definition) is 4. The van der Waals surface area contributed by atoms with Crippen LogP contribution in [0.2, 0.25) is 0 Å². The van der Waals surface area contributed by atoms with Crippen molar-refractivity contribution in [2.75, 3.05) is 11.1 Å². The third kappa shape index (κ3) is 1.64. The Kier molecular flexibility index (Phi) is 2.06. The van der Waals surface area contributed by atoms with Crippen molar-refractivity contribution in [2.24, 2.45) is 5.41 Å². The maximum absolute atomic E-state index is 5.50. The van der Waals surface area contributed by atoms with Crippen LogP contribution in [0.15, 0.2) is 12.4 Å². The Morgan fingerprint density at radius 3 is 2.71 bits per heavy atom. The molecule has 0 saturated heterocycles. The molecule has 2 atom stereocenters. The fourth-order valence-electron chi connectivity index (χ4n) is 1.59. The van der Waals surface area contributed by atoms with E-state index in [1.54, 1.807) is 12.4 Å². The van der Waals surface area contributed by atoms with E-state index in [4.69, 9.17) is 5.73 Å². The molecule has 4 heteroatoms. The third-order valence-electron chi connectivity index (χ3n) is 3.13. The van der Waals surface area contributed by atoms with Crippen molar-refractivity contribution in [2.45, 2.75) is 32.7 Å². The Balaban J connectivity index is 1.97. The molecule has 76 valence electrons. The number of anilines is 2. The average molecular weight is 192 g/mol. The van der Waals surface area contributed by atoms with Gasteiger partial charge in [0.05, 0.1) is 18.1 Å². The van der Waals surface area contributed by atoms with Crippen LogP contribution in [0.25, 0.3) is 0 Å². The summed E-state index contributed by atoms with van der Waals surface area (Å²) < 4.78 is 0. The van der Waals surface area contributed by atoms with Crippen molar-refractivity contribution in [3.05, 3.63) is 12.4 Å². The smallest absolute Gasteiger partial charge is 0.222 e. The van der Waals surface area contributed by atoms with Crippen LogP contribution < -0.4 is 11.1 Å². The Hall–Kier alpha value is -1.32. The molecule has 1 aromatic heterocycles. The van der Waals surface area contributed by atoms with E-state index in [2.05, 4.69) is 29.1 Å². The zero-order valence-corrected chi connectivity index (χ0v) is 8.62. The van der Waals surface area contributed by atoms with Crippen LogP contribution in [0.3, 0.4) is 0 Å². The zero-order valence-electron chi connectivity index (χ0n) is 8.62. The second-order valence-electron chi connectivity index (χ2n) is 4.25. The maximum Gasteiger partial charge on any atom is 0.222 e. The van der Waals surface area contributed by atoms with E-state index >= 15 is 0 Å². The van der Waals surface area contributed by atoms with Crippen molar-refractivity contribution in [1.82, 2.24) is 9.97 Å². The molecule has 0 aromatic carbocycles. The van der Waals surface area contributed by atoms with Gasteiger partial charge in [-0.2, -0.15) is 0 Å². The Morgan fingerprint density at radius 2 is 2.21 bits per heavy atom. The topological polar surface area (TPSA) is 63.8 Å². The molecule has 1 aliphatic carbocycles. The second kappa shape index (κ2) is 3.12. The van der Waals surface area contributed by atoms with Crippen molar-refractivity contribution in [3.63, 3.8) is 0 Å². The fraction of sp³-hybridized carbons (Fsp3) is 0.600. The standard InChI is InChI=1S/C10H16N4/c1-3-10(2)4-8(10)14-9-12-5-7(11)6-13-9/h5-6,8H,3-4,11H2,1-2H3,(H,12,13,14). The first kappa shape index (κ1) is 9.24. The third-order valence-corrected chi connectivity index (χ3v) is 3.13. The molecule has 1 saturated carbocycles. The highest BCUT2D eigenvalue weighted by Gasteiger charge is 2.48. The van der Waals surface area contributed by atoms with Crippen LogP contribution in [0.4, 0.5) is 11.6 Å². The molecule has 2 unspecified atom stereocenters. The van der Waals surface area contributed by atoms with Crippen molar-refractivity contribution in [1.29, 1.82) is 0 Å². The molecule has 4 nitrogen and oxygen atoms in total. The maximum atomic E-state index is 5.50. The Morgan fingerprint density at radius 1 is 1.57 bits per heavy atom. The molecule has 1 heterocycles. The van der Waals surface area contributed by atoms with Crippen molar-refractivity contribution >= 4 is 11.6 Å². The predicted molar refractivity (Wildman–Crippen MR) is 56.9 cm³/mol. The summed E-state index contributed by atoms with van der Waals surface area (Å²) in [5.41, 5.74) is 6.54. The molecule has 0 aliphatic heterocycles. The summed E-state index contributed by atoms with van der Waals surface area (Å²) in [5.74, 6) is 0.682. The number of nitrogens with one attached hydrogen (secondary N) is 1. The molecule has 0 radical (unpaired) electrons. The first-order valence-corrected chi connectivity index (χ1v) is 4.98. The van der Waals surface area contributed by atoms with Gasteiger partial charge in [0.2, 0.25) is 5.95 Å². The largest absolute Gasteiger partial charge is 0.396 e. The highest BCUT2D eigenvalue weighted by atomic mass is 15.1. The molecule has 0 bridgehead atoms. The average Bonchev–Trinajstić information content (AvgIpc) is 2.82. The van der Waals surface area contributed by atoms with Gasteiger partial charge in [0.15, 0.2) is 0 Å². The van der Waals surface area contributed by atoms with E-state index in [1.807, 2.05) is 0 Å². The van der Waals surface area contributed by atoms with Gasteiger partial charge in [-0.25, -0.2) is 9.97 Å². The van der Waals surface area contributed by atoms with E-state index < -0.39 is 0 Å². The fourth-order valence-corrected chi connectivity index (χ4v) is 1.59. The highest BCUT2D eigenvalue weighted by Crippen LogP contribution is 2.49. The second-order valence-corrected chi connectivity index (χ2v) is 4.25. The SMILES string of the molecule is CCC1(C)CC1Nc1ncc(N)cn1. The lowest BCUT2D eigenvalue weighted by atomic mass is 10.1. The van der Waals surface area contributed by atoms with Gasteiger partial charge in [-0.05, 0) is 18.3 Å². The number of nitrogens with zero attached hydrogens (tertiary/aromatic N) is 2. The van der Waals surface area contributed by atoms with E-state index in [-0.39, 0.29) is 0 Å². The molecule has 2 rings (SSSR count). The molecule has 3 N–H and O–H groups in total. The van der Waals surface area contributed by atoms with Crippen molar-refractivity contribution in [3.8, 4) is 0 Å². The van der Waals surface area contributed by atoms with Gasteiger partial charge < -0.3 is 11.1 Å². The summed E-state index contributed by atoms with van der Waals surface area (Å²) >= 11 is 0. The van der Waals surface area contributed by atoms with Gasteiger partial charge in [0.1, 0.15) is 0 Å². The van der Waals surface area contributed by atoms with E-state index in [0.29, 0.717) is 23.1 Å². The molecule has 1 fully saturated rings. The number of aromatic nitrogens is 2. The minimum atomic E-state index is 0.435. The molecule has 14 heavy (non-hydrogen) atoms. The summed E-state index contributed by atoms with van der Waals surface area (Å²) in [6, 6.07) is 0.524. The number of nitrogens with two attached hydrogens (primary N) is 1. The van der Waals surface area contributed by atoms with Crippen molar-refractivity contribution < 1.29 is 0 Å². The van der Waals surface area contributed by atoms with Crippen LogP contribution in [0, 0.1) is 5.41 Å². The number of hydrogen-bond donors (Lipinski definition) is 2. The minimum Gasteiger partial charge on any atom is -0.396 e. The molecular weight excluding hydrogens is 176 g/mol. The summed E-state index contributed by atoms with van der Waals surface area (Å²) in [4.78, 5) is 8.22. The van der Waals surface area contributed by atoms with E-state index in [1.165, 1.54) is 12.8 Å². The normalized spacial score (nSPS) is 30.0. The molecule has 0 amide bonds. The molecule has 1 aliphatic rings. The van der Waals surface area contributed by atoms with Gasteiger partial charge >= 0.3 is 0 Å². The Bertz CT molecular complexity index is 321. The summed E-state index contributed by atoms with van der Waals surface area (Å²) in [5, 5.41) is 3.31. The number of rotatable bonds is 3. The van der Waals surface area contributed by atoms with Crippen LogP contribution in [-0.4, -0.2) is 16.0 Å². The first-order valence-electron chi connectivity index (χ1n) is 4.98. The molecule has 0 spiro atoms. The van der Waals surface area contributed by atoms with Gasteiger partial charge in [0.25, 0.3) is 0 Å². The summed E-state index contributed by atoms with van der Waals surface area (Å²) in [6.45, 7) is 4.49. The lowest BCUT2D eigenvalue weighted by Crippen LogP contribution is -2.12. The monoisotopic (exact) mass is 192 g/mol. The van der Waals surface area contributed by atoms with Crippen LogP contribution in [-0.2, 0) is 0 Å². The lowest BCUT2D eigenvalue weighted by Gasteiger charge is -2.08. The van der Waals surface area contributed by atoms with Gasteiger partial charge in [-0.1, -0.05) is 13.8 Å². The van der Waals surface area contributed by atoms with Gasteiger partial charge in [-0.3, -0.25) is 0 Å². The van der Waals surface area contributed by atoms with Crippen LogP contribution >= 0.6 is 0 Å². The van der Waals surface area contributed by atoms with Gasteiger partial charge in [0, 0.05) is 6.04 Å². The minimum absolute atomic E-state index is 0.435. The number of nitrogen functional groups attached to an aromatic ring is 1. The van der Waals surface area contributed by atoms with Gasteiger partial charge in [-0.15, -0.1) is 0 Å². The first-order chi connectivity index (χ1) is 6.64. The molecule has 1 aromatic rings.